The van der Waals surface area contributed by atoms with Gasteiger partial charge in [-0.3, -0.25) is 4.79 Å². The maximum atomic E-state index is 12.3. The highest BCUT2D eigenvalue weighted by Gasteiger charge is 2.25. The molecule has 1 fully saturated rings. The normalized spacial score (nSPS) is 15.7. The maximum Gasteiger partial charge on any atom is 0.238 e. The standard InChI is InChI=1S/C16H22N4O4S2/c1-18(26(3,22)23)11-14(21)19-7-9-20(10-8-19)16-17-15-12(24-2)5-4-6-13(15)25-16/h4-6H,7-11H2,1-3H3. The van der Waals surface area contributed by atoms with Crippen molar-refractivity contribution in [2.24, 2.45) is 0 Å². The number of ether oxygens (including phenoxy) is 1. The molecule has 1 aliphatic heterocycles. The number of likely N-dealkylation sites (N-methyl/N-ethyl adjacent to an activating group) is 1. The Kier molecular flexibility index (Phi) is 5.35. The number of para-hydroxylation sites is 1. The highest BCUT2D eigenvalue weighted by molar-refractivity contribution is 7.88. The lowest BCUT2D eigenvalue weighted by molar-refractivity contribution is -0.131. The second kappa shape index (κ2) is 7.37. The average Bonchev–Trinajstić information content (AvgIpc) is 3.05. The Morgan fingerprint density at radius 3 is 2.62 bits per heavy atom. The number of carbonyl (C=O) groups is 1. The van der Waals surface area contributed by atoms with Gasteiger partial charge in [-0.25, -0.2) is 13.4 Å². The van der Waals surface area contributed by atoms with Crippen molar-refractivity contribution in [1.82, 2.24) is 14.2 Å². The van der Waals surface area contributed by atoms with E-state index in [1.807, 2.05) is 18.2 Å². The van der Waals surface area contributed by atoms with Gasteiger partial charge in [0.1, 0.15) is 11.3 Å². The third kappa shape index (κ3) is 3.92. The van der Waals surface area contributed by atoms with Crippen molar-refractivity contribution in [2.75, 3.05) is 58.0 Å². The molecule has 0 atom stereocenters. The quantitative estimate of drug-likeness (QED) is 0.742. The van der Waals surface area contributed by atoms with Crippen LogP contribution in [0, 0.1) is 0 Å². The largest absolute Gasteiger partial charge is 0.494 e. The molecule has 0 spiro atoms. The molecule has 2 heterocycles. The lowest BCUT2D eigenvalue weighted by Crippen LogP contribution is -2.51. The van der Waals surface area contributed by atoms with Crippen LogP contribution in [-0.2, 0) is 14.8 Å². The van der Waals surface area contributed by atoms with Crippen LogP contribution in [0.5, 0.6) is 5.75 Å². The summed E-state index contributed by atoms with van der Waals surface area (Å²) in [7, 11) is -0.311. The molecule has 2 aromatic rings. The van der Waals surface area contributed by atoms with Crippen LogP contribution in [0.4, 0.5) is 5.13 Å². The van der Waals surface area contributed by atoms with Crippen LogP contribution in [0.25, 0.3) is 10.2 Å². The van der Waals surface area contributed by atoms with Gasteiger partial charge >= 0.3 is 0 Å². The van der Waals surface area contributed by atoms with Gasteiger partial charge in [-0.2, -0.15) is 4.31 Å². The second-order valence-corrected chi connectivity index (χ2v) is 9.29. The number of aromatic nitrogens is 1. The Balaban J connectivity index is 1.64. The van der Waals surface area contributed by atoms with E-state index in [2.05, 4.69) is 9.88 Å². The zero-order valence-electron chi connectivity index (χ0n) is 15.0. The van der Waals surface area contributed by atoms with E-state index in [9.17, 15) is 13.2 Å². The van der Waals surface area contributed by atoms with Gasteiger partial charge in [-0.05, 0) is 12.1 Å². The number of hydrogen-bond donors (Lipinski definition) is 0. The van der Waals surface area contributed by atoms with Gasteiger partial charge in [-0.15, -0.1) is 0 Å². The number of anilines is 1. The molecule has 0 N–H and O–H groups in total. The first-order chi connectivity index (χ1) is 12.3. The van der Waals surface area contributed by atoms with Crippen molar-refractivity contribution >= 4 is 42.6 Å². The van der Waals surface area contributed by atoms with Gasteiger partial charge in [0.05, 0.1) is 24.6 Å². The Morgan fingerprint density at radius 1 is 1.31 bits per heavy atom. The molecule has 8 nitrogen and oxygen atoms in total. The molecule has 3 rings (SSSR count). The molecule has 10 heteroatoms. The van der Waals surface area contributed by atoms with Gasteiger partial charge in [-0.1, -0.05) is 17.4 Å². The number of rotatable bonds is 5. The van der Waals surface area contributed by atoms with Gasteiger partial charge in [0.15, 0.2) is 5.13 Å². The van der Waals surface area contributed by atoms with Crippen molar-refractivity contribution in [1.29, 1.82) is 0 Å². The molecule has 0 saturated carbocycles. The van der Waals surface area contributed by atoms with Gasteiger partial charge in [0.25, 0.3) is 0 Å². The molecule has 1 aliphatic rings. The number of methoxy groups -OCH3 is 1. The predicted octanol–water partition coefficient (Wildman–Crippen LogP) is 0.845. The fourth-order valence-corrected chi connectivity index (χ4v) is 4.15. The summed E-state index contributed by atoms with van der Waals surface area (Å²) in [6.45, 7) is 2.29. The lowest BCUT2D eigenvalue weighted by atomic mass is 10.3. The van der Waals surface area contributed by atoms with Gasteiger partial charge < -0.3 is 14.5 Å². The number of nitrogens with zero attached hydrogens (tertiary/aromatic N) is 4. The molecule has 1 aromatic heterocycles. The fourth-order valence-electron chi connectivity index (χ4n) is 2.77. The van der Waals surface area contributed by atoms with E-state index in [0.29, 0.717) is 26.2 Å². The van der Waals surface area contributed by atoms with Crippen LogP contribution < -0.4 is 9.64 Å². The van der Waals surface area contributed by atoms with Crippen molar-refractivity contribution < 1.29 is 17.9 Å². The number of sulfonamides is 1. The van der Waals surface area contributed by atoms with E-state index in [1.54, 1.807) is 23.3 Å². The Labute approximate surface area is 157 Å². The summed E-state index contributed by atoms with van der Waals surface area (Å²) in [5, 5.41) is 0.907. The molecule has 0 radical (unpaired) electrons. The monoisotopic (exact) mass is 398 g/mol. The first-order valence-corrected chi connectivity index (χ1v) is 10.8. The number of piperazine rings is 1. The highest BCUT2D eigenvalue weighted by atomic mass is 32.2. The van der Waals surface area contributed by atoms with Crippen LogP contribution in [0.1, 0.15) is 0 Å². The van der Waals surface area contributed by atoms with E-state index < -0.39 is 10.0 Å². The zero-order chi connectivity index (χ0) is 18.9. The third-order valence-corrected chi connectivity index (χ3v) is 6.76. The minimum atomic E-state index is -3.36. The molecule has 1 amide bonds. The molecule has 0 bridgehead atoms. The molecule has 1 saturated heterocycles. The average molecular weight is 399 g/mol. The van der Waals surface area contributed by atoms with Crippen molar-refractivity contribution in [2.45, 2.75) is 0 Å². The summed E-state index contributed by atoms with van der Waals surface area (Å²) in [6, 6.07) is 5.85. The predicted molar refractivity (Wildman–Crippen MR) is 102 cm³/mol. The minimum absolute atomic E-state index is 0.128. The van der Waals surface area contributed by atoms with Crippen molar-refractivity contribution in [3.63, 3.8) is 0 Å². The van der Waals surface area contributed by atoms with Crippen LogP contribution >= 0.6 is 11.3 Å². The number of thiazole rings is 1. The molecule has 0 aliphatic carbocycles. The summed E-state index contributed by atoms with van der Waals surface area (Å²) in [6.07, 6.45) is 1.10. The van der Waals surface area contributed by atoms with E-state index in [4.69, 9.17) is 4.74 Å². The number of amides is 1. The zero-order valence-corrected chi connectivity index (χ0v) is 16.6. The molecule has 1 aromatic carbocycles. The van der Waals surface area contributed by atoms with E-state index in [1.165, 1.54) is 7.05 Å². The number of fused-ring (bicyclic) bond motifs is 1. The Morgan fingerprint density at radius 2 is 2.00 bits per heavy atom. The van der Waals surface area contributed by atoms with E-state index >= 15 is 0 Å². The molecular weight excluding hydrogens is 376 g/mol. The number of hydrogen-bond acceptors (Lipinski definition) is 7. The van der Waals surface area contributed by atoms with E-state index in [-0.39, 0.29) is 12.5 Å². The topological polar surface area (TPSA) is 83.0 Å². The Hall–Kier alpha value is -1.91. The minimum Gasteiger partial charge on any atom is -0.494 e. The van der Waals surface area contributed by atoms with Crippen LogP contribution in [0.15, 0.2) is 18.2 Å². The summed E-state index contributed by atoms with van der Waals surface area (Å²) < 4.78 is 30.4. The number of benzene rings is 1. The summed E-state index contributed by atoms with van der Waals surface area (Å²) >= 11 is 1.60. The summed E-state index contributed by atoms with van der Waals surface area (Å²) in [5.74, 6) is 0.575. The third-order valence-electron chi connectivity index (χ3n) is 4.42. The maximum absolute atomic E-state index is 12.3. The molecule has 0 unspecified atom stereocenters. The smallest absolute Gasteiger partial charge is 0.238 e. The molecule has 26 heavy (non-hydrogen) atoms. The van der Waals surface area contributed by atoms with Gasteiger partial charge in [0, 0.05) is 33.2 Å². The van der Waals surface area contributed by atoms with Crippen LogP contribution in [-0.4, -0.2) is 81.7 Å². The first kappa shape index (κ1) is 18.9. The SMILES string of the molecule is COc1cccc2sc(N3CCN(C(=O)CN(C)S(C)(=O)=O)CC3)nc12. The first-order valence-electron chi connectivity index (χ1n) is 8.17. The van der Waals surface area contributed by atoms with Crippen molar-refractivity contribution in [3.8, 4) is 5.75 Å². The van der Waals surface area contributed by atoms with Crippen LogP contribution in [0.3, 0.4) is 0 Å². The highest BCUT2D eigenvalue weighted by Crippen LogP contribution is 2.34. The molecule has 142 valence electrons. The van der Waals surface area contributed by atoms with Gasteiger partial charge in [0.2, 0.25) is 15.9 Å². The summed E-state index contributed by atoms with van der Waals surface area (Å²) in [4.78, 5) is 20.8. The Bertz CT molecular complexity index is 904. The summed E-state index contributed by atoms with van der Waals surface area (Å²) in [5.41, 5.74) is 0.850. The number of carbonyl (C=O) groups excluding carboxylic acids is 1. The molecular formula is C16H22N4O4S2. The fraction of sp³-hybridized carbons (Fsp3) is 0.500. The van der Waals surface area contributed by atoms with Crippen LogP contribution in [0.2, 0.25) is 0 Å². The second-order valence-electron chi connectivity index (χ2n) is 6.19. The lowest BCUT2D eigenvalue weighted by Gasteiger charge is -2.35. The van der Waals surface area contributed by atoms with Crippen molar-refractivity contribution in [3.05, 3.63) is 18.2 Å². The van der Waals surface area contributed by atoms with E-state index in [0.717, 1.165) is 31.7 Å².